The van der Waals surface area contributed by atoms with Gasteiger partial charge in [0.05, 0.1) is 42.3 Å². The molecule has 105 heavy (non-hydrogen) atoms. The number of alkyl halides is 6. The molecule has 32 heteroatoms. The number of fused-ring (bicyclic) bond motifs is 2. The third-order valence-electron chi connectivity index (χ3n) is 21.6. The molecule has 1 aliphatic carbocycles. The van der Waals surface area contributed by atoms with Gasteiger partial charge in [0.2, 0.25) is 70.9 Å². The summed E-state index contributed by atoms with van der Waals surface area (Å²) < 4.78 is 88.8. The number of amides is 12. The smallest absolute Gasteiger partial charge is 0.378 e. The molecule has 0 aromatic heterocycles. The van der Waals surface area contributed by atoms with Gasteiger partial charge in [0, 0.05) is 67.8 Å². The zero-order valence-electron chi connectivity index (χ0n) is 61.9. The largest absolute Gasteiger partial charge is 0.417 e. The Labute approximate surface area is 614 Å². The third-order valence-corrected chi connectivity index (χ3v) is 22.0. The number of morpholine rings is 1. The number of nitrogens with one attached hydrogen (secondary N) is 4. The van der Waals surface area contributed by atoms with E-state index in [4.69, 9.17) is 16.3 Å². The highest BCUT2D eigenvalue weighted by molar-refractivity contribution is 6.31. The summed E-state index contributed by atoms with van der Waals surface area (Å²) in [6, 6.07) is -5.60. The Hall–Kier alpha value is -8.09. The number of aryl methyl sites for hydroxylation is 1. The summed E-state index contributed by atoms with van der Waals surface area (Å²) in [5.74, 6) is -10.4. The topological polar surface area (TPSA) is 288 Å². The molecule has 0 unspecified atom stereocenters. The summed E-state index contributed by atoms with van der Waals surface area (Å²) in [5.41, 5.74) is -3.43. The van der Waals surface area contributed by atoms with Crippen molar-refractivity contribution >= 4 is 82.5 Å². The van der Waals surface area contributed by atoms with Crippen molar-refractivity contribution in [1.29, 1.82) is 0 Å². The molecule has 7 rings (SSSR count). The van der Waals surface area contributed by atoms with Gasteiger partial charge in [-0.25, -0.2) is 0 Å². The Morgan fingerprint density at radius 3 is 1.84 bits per heavy atom. The summed E-state index contributed by atoms with van der Waals surface area (Å²) in [6.45, 7) is 10.00. The molecule has 4 saturated heterocycles. The van der Waals surface area contributed by atoms with Crippen molar-refractivity contribution in [3.63, 3.8) is 0 Å². The molecule has 12 amide bonds. The van der Waals surface area contributed by atoms with E-state index in [0.29, 0.717) is 38.5 Å². The molecule has 0 bridgehead atoms. The number of carbonyl (C=O) groups excluding carboxylic acids is 12. The van der Waals surface area contributed by atoms with Crippen molar-refractivity contribution in [2.45, 2.75) is 223 Å². The lowest BCUT2D eigenvalue weighted by atomic mass is 9.90. The number of hydrogen-bond acceptors (Lipinski definition) is 13. The van der Waals surface area contributed by atoms with E-state index in [-0.39, 0.29) is 102 Å². The lowest BCUT2D eigenvalue weighted by Crippen LogP contribution is -2.65. The van der Waals surface area contributed by atoms with E-state index in [1.807, 2.05) is 6.92 Å². The van der Waals surface area contributed by atoms with Gasteiger partial charge in [-0.3, -0.25) is 57.5 Å². The molecule has 582 valence electrons. The van der Waals surface area contributed by atoms with Gasteiger partial charge in [-0.15, -0.1) is 0 Å². The standard InChI is InChI=1S/C73H103ClF6N12O13/c1-12-15-16-20-52-61(95)83-59(43(4)13-2)63(97)81-45(6)64(98)92-34-30-54(92)67(101)87(9)55(40-47-22-26-48(27-23-47)72(75,76)77)66(100)85(7)42-57(93)82-51(29-25-46-24-28-49(50(74)39-46)73(78,79)80)65(99)91-33-19-21-53(91)62(96)84-71(31-17-18-32-71)70(104)89(11)60(44(5)14-3)69(103)88(10)56(41-58(94)86(52)8)68(102)90-35-37-105-38-36-90/h22-24,26-28,39,43-45,51-56,59-60H,12-21,25,29-38,40-42H2,1-11H3,(H,81,97)(H,82,93)(H,83,95)(H,84,96)/t43-,44-,45-,51-,52-,53-,54-,55-,56-,59-,60-/m0/s1. The van der Waals surface area contributed by atoms with Crippen molar-refractivity contribution in [2.75, 3.05) is 81.2 Å². The maximum Gasteiger partial charge on any atom is 0.417 e. The average Bonchev–Trinajstić information content (AvgIpc) is 1.65. The van der Waals surface area contributed by atoms with Crippen LogP contribution in [0.25, 0.3) is 0 Å². The summed E-state index contributed by atoms with van der Waals surface area (Å²) in [7, 11) is 6.61. The number of carbonyl (C=O) groups is 12. The van der Waals surface area contributed by atoms with Gasteiger partial charge < -0.3 is 65.2 Å². The molecule has 1 spiro atoms. The van der Waals surface area contributed by atoms with Crippen molar-refractivity contribution in [3.05, 3.63) is 69.7 Å². The monoisotopic (exact) mass is 1500 g/mol. The number of unbranched alkanes of at least 4 members (excludes halogenated alkanes) is 2. The van der Waals surface area contributed by atoms with Crippen molar-refractivity contribution in [2.24, 2.45) is 11.8 Å². The van der Waals surface area contributed by atoms with Gasteiger partial charge in [0.1, 0.15) is 59.9 Å². The van der Waals surface area contributed by atoms with Gasteiger partial charge in [-0.2, -0.15) is 26.3 Å². The Balaban J connectivity index is 1.31. The molecule has 4 N–H and O–H groups in total. The average molecular weight is 1510 g/mol. The van der Waals surface area contributed by atoms with E-state index in [2.05, 4.69) is 21.3 Å². The van der Waals surface area contributed by atoms with E-state index >= 15 is 24.0 Å². The highest BCUT2D eigenvalue weighted by Gasteiger charge is 2.52. The highest BCUT2D eigenvalue weighted by atomic mass is 35.5. The Kier molecular flexibility index (Phi) is 29.2. The van der Waals surface area contributed by atoms with Gasteiger partial charge >= 0.3 is 12.4 Å². The van der Waals surface area contributed by atoms with Crippen LogP contribution in [0.4, 0.5) is 26.3 Å². The maximum atomic E-state index is 15.5. The molecule has 11 atom stereocenters. The first-order valence-corrected chi connectivity index (χ1v) is 36.8. The first-order chi connectivity index (χ1) is 49.4. The van der Waals surface area contributed by atoms with Crippen LogP contribution in [0.2, 0.25) is 5.02 Å². The maximum absolute atomic E-state index is 15.5. The lowest BCUT2D eigenvalue weighted by Gasteiger charge is -2.44. The SMILES string of the molecule is CCCCC[C@H]1C(=O)N[C@@H]([C@@H](C)CC)C(=O)N[C@@H](C)C(=O)N2CC[C@H]2C(=O)N(C)[C@@H](Cc2ccc(C(F)(F)F)cc2)C(=O)N(C)CC(=O)N[C@@H](CCc2ccc(C(F)(F)F)c(Cl)c2)C(=O)N2CCC[C@H]2C(=O)NC2(CCCC2)C(=O)N(C)[C@@H]([C@@H](C)CC)C(=O)N(C)[C@H](C(=O)N2CCOCC2)CC(=O)N1C. The molecular formula is C73H103ClF6N12O13. The molecule has 2 aromatic rings. The van der Waals surface area contributed by atoms with Gasteiger partial charge in [0.15, 0.2) is 0 Å². The molecule has 4 heterocycles. The van der Waals surface area contributed by atoms with Gasteiger partial charge in [0.25, 0.3) is 0 Å². The van der Waals surface area contributed by atoms with Crippen LogP contribution in [0.15, 0.2) is 42.5 Å². The van der Waals surface area contributed by atoms with Crippen LogP contribution in [0.5, 0.6) is 0 Å². The van der Waals surface area contributed by atoms with Crippen LogP contribution in [0.1, 0.15) is 160 Å². The summed E-state index contributed by atoms with van der Waals surface area (Å²) in [4.78, 5) is 189. The fourth-order valence-electron chi connectivity index (χ4n) is 14.6. The fraction of sp³-hybridized carbons (Fsp3) is 0.671. The molecule has 5 fully saturated rings. The van der Waals surface area contributed by atoms with Crippen molar-refractivity contribution < 1.29 is 88.6 Å². The molecule has 1 saturated carbocycles. The zero-order chi connectivity index (χ0) is 77.7. The number of hydrogen-bond donors (Lipinski definition) is 4. The minimum Gasteiger partial charge on any atom is -0.378 e. The molecule has 2 aromatic carbocycles. The second-order valence-electron chi connectivity index (χ2n) is 28.8. The quantitative estimate of drug-likeness (QED) is 0.130. The van der Waals surface area contributed by atoms with E-state index in [0.717, 1.165) is 63.6 Å². The highest BCUT2D eigenvalue weighted by Crippen LogP contribution is 2.38. The van der Waals surface area contributed by atoms with E-state index in [1.165, 1.54) is 66.7 Å². The third kappa shape index (κ3) is 20.3. The number of benzene rings is 2. The second-order valence-corrected chi connectivity index (χ2v) is 29.2. The van der Waals surface area contributed by atoms with Crippen LogP contribution in [0, 0.1) is 11.8 Å². The molecule has 5 aliphatic rings. The molecule has 25 nitrogen and oxygen atoms in total. The molecular weight excluding hydrogens is 1400 g/mol. The van der Waals surface area contributed by atoms with E-state index in [1.54, 1.807) is 27.7 Å². The first-order valence-electron chi connectivity index (χ1n) is 36.4. The van der Waals surface area contributed by atoms with Crippen molar-refractivity contribution in [3.8, 4) is 0 Å². The first kappa shape index (κ1) is 84.2. The zero-order valence-corrected chi connectivity index (χ0v) is 62.6. The van der Waals surface area contributed by atoms with E-state index in [9.17, 15) is 59.9 Å². The fourth-order valence-corrected chi connectivity index (χ4v) is 14.9. The van der Waals surface area contributed by atoms with Crippen LogP contribution in [0.3, 0.4) is 0 Å². The summed E-state index contributed by atoms with van der Waals surface area (Å²) in [6.07, 6.45) is -7.08. The molecule has 4 aliphatic heterocycles. The van der Waals surface area contributed by atoms with Crippen molar-refractivity contribution in [1.82, 2.24) is 60.5 Å². The Morgan fingerprint density at radius 1 is 0.629 bits per heavy atom. The van der Waals surface area contributed by atoms with Crippen LogP contribution in [-0.4, -0.2) is 251 Å². The lowest BCUT2D eigenvalue weighted by molar-refractivity contribution is -0.157. The second kappa shape index (κ2) is 36.5. The Bertz CT molecular complexity index is 3480. The summed E-state index contributed by atoms with van der Waals surface area (Å²) in [5, 5.41) is 10.5. The minimum absolute atomic E-state index is 0.000346. The van der Waals surface area contributed by atoms with Gasteiger partial charge in [-0.1, -0.05) is 109 Å². The summed E-state index contributed by atoms with van der Waals surface area (Å²) >= 11 is 6.13. The predicted molar refractivity (Wildman–Crippen MR) is 375 cm³/mol. The number of likely N-dealkylation sites (N-methyl/N-ethyl adjacent to an activating group) is 5. The number of rotatable bonds is 14. The normalized spacial score (nSPS) is 26.2. The number of halogens is 7. The van der Waals surface area contributed by atoms with E-state index < -0.39 is 191 Å². The van der Waals surface area contributed by atoms with Crippen LogP contribution >= 0.6 is 11.6 Å². The van der Waals surface area contributed by atoms with Gasteiger partial charge in [-0.05, 0) is 106 Å². The van der Waals surface area contributed by atoms with Crippen LogP contribution < -0.4 is 21.3 Å². The van der Waals surface area contributed by atoms with Crippen LogP contribution in [-0.2, 0) is 87.5 Å². The Morgan fingerprint density at radius 2 is 1.26 bits per heavy atom. The number of ether oxygens (including phenoxy) is 1. The predicted octanol–water partition coefficient (Wildman–Crippen LogP) is 5.75. The minimum atomic E-state index is -4.82. The molecule has 0 radical (unpaired) electrons. The number of nitrogens with zero attached hydrogens (tertiary/aromatic N) is 8.